The van der Waals surface area contributed by atoms with Crippen LogP contribution in [0.4, 0.5) is 0 Å². The van der Waals surface area contributed by atoms with Gasteiger partial charge in [0.2, 0.25) is 0 Å². The van der Waals surface area contributed by atoms with Crippen LogP contribution in [0.5, 0.6) is 0 Å². The standard InChI is InChI=1S/C16H18N2O3S/c1-22-16-17-11(10-5-3-2-4-6-10)7-12(18-16)14-8-13(20)15(9-19)21-14/h2-7,13-15,19-20H,8-9H2,1H3/t13-,14-,15+/m0/s1. The van der Waals surface area contributed by atoms with E-state index < -0.39 is 12.2 Å². The smallest absolute Gasteiger partial charge is 0.188 e. The molecule has 1 aromatic carbocycles. The molecule has 116 valence electrons. The van der Waals surface area contributed by atoms with Crippen LogP contribution in [0.1, 0.15) is 18.2 Å². The van der Waals surface area contributed by atoms with Crippen molar-refractivity contribution in [3.05, 3.63) is 42.1 Å². The van der Waals surface area contributed by atoms with Crippen molar-refractivity contribution in [1.29, 1.82) is 0 Å². The monoisotopic (exact) mass is 318 g/mol. The van der Waals surface area contributed by atoms with Gasteiger partial charge in [-0.25, -0.2) is 9.97 Å². The Morgan fingerprint density at radius 2 is 2.05 bits per heavy atom. The molecule has 0 amide bonds. The van der Waals surface area contributed by atoms with Crippen LogP contribution in [0.15, 0.2) is 41.6 Å². The van der Waals surface area contributed by atoms with Crippen LogP contribution in [0.2, 0.25) is 0 Å². The highest BCUT2D eigenvalue weighted by molar-refractivity contribution is 7.98. The second kappa shape index (κ2) is 6.75. The largest absolute Gasteiger partial charge is 0.394 e. The summed E-state index contributed by atoms with van der Waals surface area (Å²) in [6.45, 7) is -0.191. The van der Waals surface area contributed by atoms with Crippen LogP contribution >= 0.6 is 11.8 Å². The molecule has 1 fully saturated rings. The van der Waals surface area contributed by atoms with Crippen LogP contribution in [0.3, 0.4) is 0 Å². The van der Waals surface area contributed by atoms with E-state index in [4.69, 9.17) is 4.74 Å². The summed E-state index contributed by atoms with van der Waals surface area (Å²) in [5.74, 6) is 0. The first-order valence-corrected chi connectivity index (χ1v) is 8.36. The maximum Gasteiger partial charge on any atom is 0.188 e. The highest BCUT2D eigenvalue weighted by Gasteiger charge is 2.35. The number of aliphatic hydroxyl groups is 2. The lowest BCUT2D eigenvalue weighted by atomic mass is 10.1. The molecule has 2 N–H and O–H groups in total. The zero-order valence-corrected chi connectivity index (χ0v) is 13.0. The van der Waals surface area contributed by atoms with Gasteiger partial charge in [0.25, 0.3) is 0 Å². The molecular weight excluding hydrogens is 300 g/mol. The Morgan fingerprint density at radius 1 is 1.27 bits per heavy atom. The minimum Gasteiger partial charge on any atom is -0.394 e. The summed E-state index contributed by atoms with van der Waals surface area (Å²) >= 11 is 1.47. The minimum atomic E-state index is -0.664. The van der Waals surface area contributed by atoms with Gasteiger partial charge in [-0.1, -0.05) is 42.1 Å². The molecule has 0 aliphatic carbocycles. The Morgan fingerprint density at radius 3 is 2.68 bits per heavy atom. The van der Waals surface area contributed by atoms with Gasteiger partial charge in [-0.15, -0.1) is 0 Å². The van der Waals surface area contributed by atoms with Gasteiger partial charge < -0.3 is 14.9 Å². The second-order valence-electron chi connectivity index (χ2n) is 5.18. The van der Waals surface area contributed by atoms with E-state index >= 15 is 0 Å². The molecule has 0 bridgehead atoms. The molecular formula is C16H18N2O3S. The molecule has 1 saturated heterocycles. The molecule has 1 aliphatic heterocycles. The number of aromatic nitrogens is 2. The summed E-state index contributed by atoms with van der Waals surface area (Å²) in [6.07, 6.45) is 0.836. The number of ether oxygens (including phenoxy) is 1. The fourth-order valence-corrected chi connectivity index (χ4v) is 2.93. The van der Waals surface area contributed by atoms with E-state index in [9.17, 15) is 10.2 Å². The van der Waals surface area contributed by atoms with Gasteiger partial charge in [-0.05, 0) is 12.3 Å². The minimum absolute atomic E-state index is 0.191. The average Bonchev–Trinajstić information content (AvgIpc) is 2.96. The average molecular weight is 318 g/mol. The molecule has 3 atom stereocenters. The fourth-order valence-electron chi connectivity index (χ4n) is 2.54. The van der Waals surface area contributed by atoms with Gasteiger partial charge >= 0.3 is 0 Å². The number of aliphatic hydroxyl groups excluding tert-OH is 2. The van der Waals surface area contributed by atoms with E-state index in [1.54, 1.807) is 0 Å². The van der Waals surface area contributed by atoms with Crippen molar-refractivity contribution in [2.75, 3.05) is 12.9 Å². The first kappa shape index (κ1) is 15.4. The number of nitrogens with zero attached hydrogens (tertiary/aromatic N) is 2. The molecule has 22 heavy (non-hydrogen) atoms. The molecule has 5 nitrogen and oxygen atoms in total. The molecule has 2 aromatic rings. The Labute approximate surface area is 133 Å². The lowest BCUT2D eigenvalue weighted by molar-refractivity contribution is -0.0237. The van der Waals surface area contributed by atoms with Crippen molar-refractivity contribution in [3.8, 4) is 11.3 Å². The molecule has 3 rings (SSSR count). The maximum absolute atomic E-state index is 9.90. The zero-order chi connectivity index (χ0) is 15.5. The van der Waals surface area contributed by atoms with Crippen molar-refractivity contribution < 1.29 is 14.9 Å². The third kappa shape index (κ3) is 3.15. The summed E-state index contributed by atoms with van der Waals surface area (Å²) in [5, 5.41) is 19.8. The molecule has 1 aliphatic rings. The highest BCUT2D eigenvalue weighted by Crippen LogP contribution is 2.34. The van der Waals surface area contributed by atoms with E-state index in [-0.39, 0.29) is 12.7 Å². The van der Waals surface area contributed by atoms with E-state index in [0.717, 1.165) is 17.0 Å². The Kier molecular flexibility index (Phi) is 4.73. The van der Waals surface area contributed by atoms with Gasteiger partial charge in [0.1, 0.15) is 12.2 Å². The van der Waals surface area contributed by atoms with E-state index in [2.05, 4.69) is 9.97 Å². The molecule has 0 unspecified atom stereocenters. The number of hydrogen-bond acceptors (Lipinski definition) is 6. The SMILES string of the molecule is CSc1nc(-c2ccccc2)cc([C@@H]2C[C@H](O)[C@@H](CO)O2)n1. The van der Waals surface area contributed by atoms with Crippen molar-refractivity contribution >= 4 is 11.8 Å². The third-order valence-electron chi connectivity index (χ3n) is 3.71. The molecule has 1 aromatic heterocycles. The quantitative estimate of drug-likeness (QED) is 0.664. The van der Waals surface area contributed by atoms with Gasteiger partial charge in [-0.3, -0.25) is 0 Å². The lowest BCUT2D eigenvalue weighted by Gasteiger charge is -2.13. The number of hydrogen-bond donors (Lipinski definition) is 2. The van der Waals surface area contributed by atoms with Crippen LogP contribution in [0, 0.1) is 0 Å². The first-order valence-electron chi connectivity index (χ1n) is 7.14. The van der Waals surface area contributed by atoms with Crippen molar-refractivity contribution in [1.82, 2.24) is 9.97 Å². The van der Waals surface area contributed by atoms with Gasteiger partial charge in [0.05, 0.1) is 24.1 Å². The van der Waals surface area contributed by atoms with Crippen molar-refractivity contribution in [3.63, 3.8) is 0 Å². The van der Waals surface area contributed by atoms with Gasteiger partial charge in [0.15, 0.2) is 5.16 Å². The zero-order valence-electron chi connectivity index (χ0n) is 12.2. The Hall–Kier alpha value is -1.47. The summed E-state index contributed by atoms with van der Waals surface area (Å²) in [4.78, 5) is 9.03. The normalized spacial score (nSPS) is 24.6. The molecule has 6 heteroatoms. The highest BCUT2D eigenvalue weighted by atomic mass is 32.2. The molecule has 0 radical (unpaired) electrons. The van der Waals surface area contributed by atoms with E-state index in [0.29, 0.717) is 11.6 Å². The van der Waals surface area contributed by atoms with Crippen LogP contribution < -0.4 is 0 Å². The van der Waals surface area contributed by atoms with Crippen LogP contribution in [-0.4, -0.2) is 45.3 Å². The summed E-state index contributed by atoms with van der Waals surface area (Å²) < 4.78 is 5.70. The fraction of sp³-hybridized carbons (Fsp3) is 0.375. The Balaban J connectivity index is 1.95. The maximum atomic E-state index is 9.90. The molecule has 2 heterocycles. The summed E-state index contributed by atoms with van der Waals surface area (Å²) in [6, 6.07) is 11.8. The van der Waals surface area contributed by atoms with Gasteiger partial charge in [0, 0.05) is 12.0 Å². The lowest BCUT2D eigenvalue weighted by Crippen LogP contribution is -2.24. The van der Waals surface area contributed by atoms with Crippen molar-refractivity contribution in [2.45, 2.75) is 29.9 Å². The predicted molar refractivity (Wildman–Crippen MR) is 84.6 cm³/mol. The second-order valence-corrected chi connectivity index (χ2v) is 5.95. The van der Waals surface area contributed by atoms with Crippen molar-refractivity contribution in [2.24, 2.45) is 0 Å². The van der Waals surface area contributed by atoms with Crippen LogP contribution in [0.25, 0.3) is 11.3 Å². The topological polar surface area (TPSA) is 75.5 Å². The van der Waals surface area contributed by atoms with E-state index in [1.807, 2.05) is 42.7 Å². The molecule has 0 spiro atoms. The predicted octanol–water partition coefficient (Wildman–Crippen LogP) is 2.05. The molecule has 0 saturated carbocycles. The number of benzene rings is 1. The first-order chi connectivity index (χ1) is 10.7. The summed E-state index contributed by atoms with van der Waals surface area (Å²) in [5.41, 5.74) is 2.59. The van der Waals surface area contributed by atoms with Gasteiger partial charge in [-0.2, -0.15) is 0 Å². The summed E-state index contributed by atoms with van der Waals surface area (Å²) in [7, 11) is 0. The number of rotatable bonds is 4. The van der Waals surface area contributed by atoms with Crippen LogP contribution in [-0.2, 0) is 4.74 Å². The number of thioether (sulfide) groups is 1. The van der Waals surface area contributed by atoms with E-state index in [1.165, 1.54) is 11.8 Å². The third-order valence-corrected chi connectivity index (χ3v) is 4.26. The Bertz CT molecular complexity index is 639.